The summed E-state index contributed by atoms with van der Waals surface area (Å²) in [6.45, 7) is 0.690. The number of nitrogens with one attached hydrogen (secondary N) is 1. The molecule has 0 fully saturated rings. The van der Waals surface area contributed by atoms with Gasteiger partial charge in [-0.2, -0.15) is 0 Å². The predicted octanol–water partition coefficient (Wildman–Crippen LogP) is 2.84. The smallest absolute Gasteiger partial charge is 0.265 e. The van der Waals surface area contributed by atoms with E-state index in [1.807, 2.05) is 36.4 Å². The van der Waals surface area contributed by atoms with E-state index < -0.39 is 10.0 Å². The van der Waals surface area contributed by atoms with Crippen molar-refractivity contribution in [1.82, 2.24) is 10.3 Å². The zero-order valence-electron chi connectivity index (χ0n) is 14.6. The zero-order chi connectivity index (χ0) is 18.9. The molecule has 0 saturated carbocycles. The van der Waals surface area contributed by atoms with Crippen LogP contribution < -0.4 is 9.62 Å². The van der Waals surface area contributed by atoms with E-state index in [0.717, 1.165) is 16.3 Å². The highest BCUT2D eigenvalue weighted by molar-refractivity contribution is 7.93. The highest BCUT2D eigenvalue weighted by atomic mass is 32.2. The summed E-state index contributed by atoms with van der Waals surface area (Å²) in [6, 6.07) is 14.6. The first kappa shape index (κ1) is 17.5. The molecule has 1 aliphatic rings. The van der Waals surface area contributed by atoms with Crippen LogP contribution in [-0.2, 0) is 21.4 Å². The summed E-state index contributed by atoms with van der Waals surface area (Å²) in [4.78, 5) is 16.4. The molecule has 0 unspecified atom stereocenters. The first-order valence-electron chi connectivity index (χ1n) is 8.77. The van der Waals surface area contributed by atoms with Crippen LogP contribution in [0.4, 0.5) is 5.69 Å². The lowest BCUT2D eigenvalue weighted by molar-refractivity contribution is -0.121. The first-order valence-corrected chi connectivity index (χ1v) is 10.2. The maximum atomic E-state index is 12.9. The molecule has 2 aromatic carbocycles. The van der Waals surface area contributed by atoms with Crippen LogP contribution in [0.3, 0.4) is 0 Å². The lowest BCUT2D eigenvalue weighted by atomic mass is 10.1. The molecule has 1 N–H and O–H groups in total. The number of carbonyl (C=O) groups is 1. The summed E-state index contributed by atoms with van der Waals surface area (Å²) in [6.07, 6.45) is 4.09. The summed E-state index contributed by atoms with van der Waals surface area (Å²) in [5, 5.41) is 4.51. The Morgan fingerprint density at radius 1 is 1.07 bits per heavy atom. The molecule has 1 aromatic heterocycles. The normalized spacial score (nSPS) is 14.4. The van der Waals surface area contributed by atoms with Crippen molar-refractivity contribution < 1.29 is 13.2 Å². The fraction of sp³-hybridized carbons (Fsp3) is 0.200. The molecule has 0 saturated heterocycles. The maximum Gasteiger partial charge on any atom is 0.265 e. The average Bonchev–Trinajstić information content (AvgIpc) is 2.90. The van der Waals surface area contributed by atoms with Gasteiger partial charge >= 0.3 is 0 Å². The maximum absolute atomic E-state index is 12.9. The highest BCUT2D eigenvalue weighted by Crippen LogP contribution is 2.41. The van der Waals surface area contributed by atoms with Gasteiger partial charge in [-0.15, -0.1) is 0 Å². The van der Waals surface area contributed by atoms with Gasteiger partial charge in [-0.1, -0.05) is 30.3 Å². The summed E-state index contributed by atoms with van der Waals surface area (Å²) in [7, 11) is -3.56. The number of sulfonamides is 1. The number of aromatic nitrogens is 1. The van der Waals surface area contributed by atoms with E-state index >= 15 is 0 Å². The van der Waals surface area contributed by atoms with Gasteiger partial charge in [0.25, 0.3) is 10.0 Å². The molecule has 0 radical (unpaired) electrons. The fourth-order valence-electron chi connectivity index (χ4n) is 3.37. The Kier molecular flexibility index (Phi) is 4.53. The van der Waals surface area contributed by atoms with E-state index in [-0.39, 0.29) is 18.9 Å². The molecule has 2 heterocycles. The number of pyridine rings is 1. The van der Waals surface area contributed by atoms with Crippen molar-refractivity contribution in [2.24, 2.45) is 0 Å². The second-order valence-corrected chi connectivity index (χ2v) is 8.28. The Morgan fingerprint density at radius 3 is 2.67 bits per heavy atom. The molecular weight excluding hydrogens is 362 g/mol. The number of anilines is 1. The van der Waals surface area contributed by atoms with Crippen LogP contribution in [0.1, 0.15) is 18.4 Å². The molecule has 27 heavy (non-hydrogen) atoms. The van der Waals surface area contributed by atoms with Gasteiger partial charge in [0.1, 0.15) is 0 Å². The van der Waals surface area contributed by atoms with Crippen molar-refractivity contribution in [2.45, 2.75) is 24.3 Å². The molecule has 1 aliphatic heterocycles. The predicted molar refractivity (Wildman–Crippen MR) is 104 cm³/mol. The van der Waals surface area contributed by atoms with Gasteiger partial charge in [0.15, 0.2) is 0 Å². The van der Waals surface area contributed by atoms with E-state index in [0.29, 0.717) is 23.5 Å². The van der Waals surface area contributed by atoms with Crippen LogP contribution in [0.25, 0.3) is 10.8 Å². The quantitative estimate of drug-likeness (QED) is 0.712. The molecule has 0 bridgehead atoms. The molecule has 138 valence electrons. The third-order valence-corrected chi connectivity index (χ3v) is 6.51. The third-order valence-electron chi connectivity index (χ3n) is 4.66. The Bertz CT molecular complexity index is 1090. The lowest BCUT2D eigenvalue weighted by Gasteiger charge is -2.18. The fourth-order valence-corrected chi connectivity index (χ4v) is 5.12. The van der Waals surface area contributed by atoms with Crippen LogP contribution in [0.5, 0.6) is 0 Å². The number of rotatable bonds is 6. The van der Waals surface area contributed by atoms with Gasteiger partial charge in [-0.25, -0.2) is 8.42 Å². The molecule has 0 atom stereocenters. The Morgan fingerprint density at radius 2 is 1.89 bits per heavy atom. The van der Waals surface area contributed by atoms with Crippen LogP contribution in [-0.4, -0.2) is 25.9 Å². The van der Waals surface area contributed by atoms with Crippen molar-refractivity contribution >= 4 is 32.4 Å². The molecule has 1 amide bonds. The van der Waals surface area contributed by atoms with Gasteiger partial charge in [-0.05, 0) is 35.6 Å². The molecular formula is C20H19N3O3S. The van der Waals surface area contributed by atoms with Crippen LogP contribution >= 0.6 is 0 Å². The largest absolute Gasteiger partial charge is 0.352 e. The van der Waals surface area contributed by atoms with E-state index in [9.17, 15) is 13.2 Å². The van der Waals surface area contributed by atoms with Gasteiger partial charge in [-0.3, -0.25) is 14.1 Å². The van der Waals surface area contributed by atoms with Crippen molar-refractivity contribution in [1.29, 1.82) is 0 Å². The van der Waals surface area contributed by atoms with E-state index in [4.69, 9.17) is 0 Å². The number of benzene rings is 2. The monoisotopic (exact) mass is 381 g/mol. The number of hydrogen-bond donors (Lipinski definition) is 1. The number of hydrogen-bond acceptors (Lipinski definition) is 4. The van der Waals surface area contributed by atoms with E-state index in [1.54, 1.807) is 24.5 Å². The van der Waals surface area contributed by atoms with Crippen LogP contribution in [0.2, 0.25) is 0 Å². The number of amides is 1. The van der Waals surface area contributed by atoms with Crippen molar-refractivity contribution in [2.75, 3.05) is 10.8 Å². The second kappa shape index (κ2) is 7.00. The summed E-state index contributed by atoms with van der Waals surface area (Å²) in [5.74, 6) is -0.105. The average molecular weight is 381 g/mol. The Hall–Kier alpha value is -2.93. The number of carbonyl (C=O) groups excluding carboxylic acids is 1. The molecule has 4 rings (SSSR count). The van der Waals surface area contributed by atoms with Gasteiger partial charge in [0.05, 0.1) is 10.6 Å². The van der Waals surface area contributed by atoms with Gasteiger partial charge in [0.2, 0.25) is 5.91 Å². The molecule has 0 spiro atoms. The molecule has 3 aromatic rings. The third kappa shape index (κ3) is 3.26. The topological polar surface area (TPSA) is 79.4 Å². The zero-order valence-corrected chi connectivity index (χ0v) is 15.4. The first-order chi connectivity index (χ1) is 13.1. The minimum absolute atomic E-state index is 0.105. The Labute approximate surface area is 157 Å². The standard InChI is InChI=1S/C20H19N3O3S/c24-19(22-14-15-5-3-11-21-13-15)10-4-12-23-17-8-1-6-16-7-2-9-18(20(16)17)27(23,25)26/h1-3,5-9,11,13H,4,10,12,14H2,(H,22,24). The minimum atomic E-state index is -3.56. The summed E-state index contributed by atoms with van der Waals surface area (Å²) >= 11 is 0. The van der Waals surface area contributed by atoms with E-state index in [2.05, 4.69) is 10.3 Å². The molecule has 7 heteroatoms. The summed E-state index contributed by atoms with van der Waals surface area (Å²) in [5.41, 5.74) is 1.62. The number of nitrogens with zero attached hydrogens (tertiary/aromatic N) is 2. The van der Waals surface area contributed by atoms with Gasteiger partial charge in [0, 0.05) is 37.3 Å². The second-order valence-electron chi connectivity index (χ2n) is 6.45. The van der Waals surface area contributed by atoms with Crippen molar-refractivity contribution in [3.8, 4) is 0 Å². The van der Waals surface area contributed by atoms with Crippen LogP contribution in [0, 0.1) is 0 Å². The van der Waals surface area contributed by atoms with Gasteiger partial charge < -0.3 is 5.32 Å². The molecule has 6 nitrogen and oxygen atoms in total. The highest BCUT2D eigenvalue weighted by Gasteiger charge is 2.34. The van der Waals surface area contributed by atoms with Crippen molar-refractivity contribution in [3.63, 3.8) is 0 Å². The van der Waals surface area contributed by atoms with E-state index in [1.165, 1.54) is 4.31 Å². The van der Waals surface area contributed by atoms with Crippen molar-refractivity contribution in [3.05, 3.63) is 66.5 Å². The SMILES string of the molecule is O=C(CCCN1c2cccc3cccc(c23)S1(=O)=O)NCc1cccnc1. The lowest BCUT2D eigenvalue weighted by Crippen LogP contribution is -2.30. The Balaban J connectivity index is 1.41. The van der Waals surface area contributed by atoms with Crippen LogP contribution in [0.15, 0.2) is 65.8 Å². The minimum Gasteiger partial charge on any atom is -0.352 e. The molecule has 0 aliphatic carbocycles. The summed E-state index contributed by atoms with van der Waals surface area (Å²) < 4.78 is 27.2.